The van der Waals surface area contributed by atoms with Crippen LogP contribution in [0.25, 0.3) is 11.5 Å². The van der Waals surface area contributed by atoms with Crippen LogP contribution >= 0.6 is 0 Å². The number of rotatable bonds is 4. The van der Waals surface area contributed by atoms with E-state index in [0.29, 0.717) is 5.82 Å². The van der Waals surface area contributed by atoms with Crippen molar-refractivity contribution in [3.63, 3.8) is 0 Å². The average molecular weight is 214 g/mol. The molecule has 0 unspecified atom stereocenters. The third-order valence-corrected chi connectivity index (χ3v) is 2.16. The molecule has 0 radical (unpaired) electrons. The van der Waals surface area contributed by atoms with E-state index in [9.17, 15) is 0 Å². The highest BCUT2D eigenvalue weighted by Crippen LogP contribution is 2.10. The van der Waals surface area contributed by atoms with Gasteiger partial charge in [-0.05, 0) is 24.7 Å². The Balaban J connectivity index is 2.22. The van der Waals surface area contributed by atoms with Crippen molar-refractivity contribution in [2.75, 3.05) is 6.54 Å². The molecular weight excluding hydrogens is 200 g/mol. The lowest BCUT2D eigenvalue weighted by Gasteiger charge is -2.03. The van der Waals surface area contributed by atoms with Crippen LogP contribution in [0, 0.1) is 0 Å². The fraction of sp³-hybridized carbons (Fsp3) is 0.250. The second-order valence-electron chi connectivity index (χ2n) is 3.37. The van der Waals surface area contributed by atoms with Gasteiger partial charge in [-0.2, -0.15) is 0 Å². The lowest BCUT2D eigenvalue weighted by Crippen LogP contribution is -2.13. The maximum absolute atomic E-state index is 4.44. The van der Waals surface area contributed by atoms with Gasteiger partial charge in [-0.25, -0.2) is 9.97 Å². The van der Waals surface area contributed by atoms with Crippen molar-refractivity contribution in [2.24, 2.45) is 0 Å². The quantitative estimate of drug-likeness (QED) is 0.840. The molecule has 0 aliphatic rings. The lowest BCUT2D eigenvalue weighted by molar-refractivity contribution is 0.709. The molecule has 4 heteroatoms. The molecule has 2 rings (SSSR count). The van der Waals surface area contributed by atoms with Gasteiger partial charge in [0.25, 0.3) is 0 Å². The summed E-state index contributed by atoms with van der Waals surface area (Å²) in [5.41, 5.74) is 1.79. The molecule has 1 N–H and O–H groups in total. The van der Waals surface area contributed by atoms with Crippen LogP contribution in [0.4, 0.5) is 0 Å². The molecule has 16 heavy (non-hydrogen) atoms. The number of nitrogens with zero attached hydrogens (tertiary/aromatic N) is 3. The summed E-state index contributed by atoms with van der Waals surface area (Å²) in [6, 6.07) is 7.64. The fourth-order valence-electron chi connectivity index (χ4n) is 1.37. The number of hydrogen-bond acceptors (Lipinski definition) is 4. The number of hydrogen-bond donors (Lipinski definition) is 1. The normalized spacial score (nSPS) is 10.3. The third kappa shape index (κ3) is 2.61. The Morgan fingerprint density at radius 2 is 2.06 bits per heavy atom. The van der Waals surface area contributed by atoms with Crippen molar-refractivity contribution in [3.8, 4) is 11.5 Å². The predicted molar refractivity (Wildman–Crippen MR) is 62.6 cm³/mol. The van der Waals surface area contributed by atoms with Crippen molar-refractivity contribution < 1.29 is 0 Å². The summed E-state index contributed by atoms with van der Waals surface area (Å²) in [6.45, 7) is 3.77. The minimum atomic E-state index is 0.677. The Morgan fingerprint density at radius 3 is 2.81 bits per heavy atom. The van der Waals surface area contributed by atoms with Gasteiger partial charge < -0.3 is 5.32 Å². The summed E-state index contributed by atoms with van der Waals surface area (Å²) >= 11 is 0. The van der Waals surface area contributed by atoms with E-state index in [4.69, 9.17) is 0 Å². The van der Waals surface area contributed by atoms with Gasteiger partial charge in [-0.15, -0.1) is 0 Å². The van der Waals surface area contributed by atoms with Crippen LogP contribution in [-0.4, -0.2) is 21.5 Å². The molecule has 4 nitrogen and oxygen atoms in total. The van der Waals surface area contributed by atoms with Crippen LogP contribution in [0.3, 0.4) is 0 Å². The first kappa shape index (κ1) is 10.7. The van der Waals surface area contributed by atoms with Gasteiger partial charge in [0.05, 0.1) is 5.69 Å². The maximum Gasteiger partial charge on any atom is 0.178 e. The minimum absolute atomic E-state index is 0.677. The molecule has 0 amide bonds. The van der Waals surface area contributed by atoms with E-state index in [0.717, 1.165) is 24.5 Å². The van der Waals surface area contributed by atoms with E-state index in [1.807, 2.05) is 24.3 Å². The van der Waals surface area contributed by atoms with Gasteiger partial charge in [-0.1, -0.05) is 13.0 Å². The Morgan fingerprint density at radius 1 is 1.12 bits per heavy atom. The van der Waals surface area contributed by atoms with E-state index in [1.165, 1.54) is 0 Å². The van der Waals surface area contributed by atoms with Crippen molar-refractivity contribution >= 4 is 0 Å². The largest absolute Gasteiger partial charge is 0.311 e. The molecule has 0 saturated carbocycles. The minimum Gasteiger partial charge on any atom is -0.311 e. The summed E-state index contributed by atoms with van der Waals surface area (Å²) in [5.74, 6) is 0.677. The molecule has 0 aliphatic heterocycles. The molecule has 0 fully saturated rings. The van der Waals surface area contributed by atoms with Gasteiger partial charge in [0.15, 0.2) is 5.82 Å². The molecule has 0 aromatic carbocycles. The Kier molecular flexibility index (Phi) is 3.56. The van der Waals surface area contributed by atoms with Crippen molar-refractivity contribution in [1.82, 2.24) is 20.3 Å². The van der Waals surface area contributed by atoms with E-state index in [2.05, 4.69) is 27.2 Å². The molecule has 2 aromatic rings. The van der Waals surface area contributed by atoms with E-state index in [1.54, 1.807) is 12.4 Å². The monoisotopic (exact) mass is 214 g/mol. The van der Waals surface area contributed by atoms with Gasteiger partial charge in [0.1, 0.15) is 5.69 Å². The lowest BCUT2D eigenvalue weighted by atomic mass is 10.3. The molecule has 0 bridgehead atoms. The summed E-state index contributed by atoms with van der Waals surface area (Å²) in [4.78, 5) is 12.9. The molecule has 0 saturated heterocycles. The highest BCUT2D eigenvalue weighted by Gasteiger charge is 2.02. The summed E-state index contributed by atoms with van der Waals surface area (Å²) in [5, 5.41) is 3.23. The summed E-state index contributed by atoms with van der Waals surface area (Å²) < 4.78 is 0. The van der Waals surface area contributed by atoms with Gasteiger partial charge >= 0.3 is 0 Å². The number of aromatic nitrogens is 3. The van der Waals surface area contributed by atoms with Crippen molar-refractivity contribution in [3.05, 3.63) is 42.4 Å². The Labute approximate surface area is 94.8 Å². The van der Waals surface area contributed by atoms with Gasteiger partial charge in [0.2, 0.25) is 0 Å². The van der Waals surface area contributed by atoms with Gasteiger partial charge in [0, 0.05) is 18.9 Å². The van der Waals surface area contributed by atoms with Crippen LogP contribution in [0.1, 0.15) is 12.6 Å². The first-order valence-corrected chi connectivity index (χ1v) is 5.34. The zero-order chi connectivity index (χ0) is 11.2. The molecule has 2 heterocycles. The smallest absolute Gasteiger partial charge is 0.178 e. The Bertz CT molecular complexity index is 442. The standard InChI is InChI=1S/C12H14N4/c1-2-13-9-10-6-8-15-12(16-10)11-5-3-4-7-14-11/h3-8,13H,2,9H2,1H3. The first-order valence-electron chi connectivity index (χ1n) is 5.34. The molecule has 2 aromatic heterocycles. The molecule has 0 atom stereocenters. The average Bonchev–Trinajstić information content (AvgIpc) is 2.38. The van der Waals surface area contributed by atoms with Crippen LogP contribution in [0.15, 0.2) is 36.7 Å². The predicted octanol–water partition coefficient (Wildman–Crippen LogP) is 1.65. The number of nitrogens with one attached hydrogen (secondary N) is 1. The second-order valence-corrected chi connectivity index (χ2v) is 3.37. The molecule has 82 valence electrons. The highest BCUT2D eigenvalue weighted by atomic mass is 14.9. The van der Waals surface area contributed by atoms with Crippen LogP contribution < -0.4 is 5.32 Å². The summed E-state index contributed by atoms with van der Waals surface area (Å²) in [6.07, 6.45) is 3.51. The summed E-state index contributed by atoms with van der Waals surface area (Å²) in [7, 11) is 0. The SMILES string of the molecule is CCNCc1ccnc(-c2ccccn2)n1. The third-order valence-electron chi connectivity index (χ3n) is 2.16. The fourth-order valence-corrected chi connectivity index (χ4v) is 1.37. The van der Waals surface area contributed by atoms with Crippen molar-refractivity contribution in [1.29, 1.82) is 0 Å². The van der Waals surface area contributed by atoms with E-state index >= 15 is 0 Å². The topological polar surface area (TPSA) is 50.7 Å². The van der Waals surface area contributed by atoms with Crippen LogP contribution in [0.2, 0.25) is 0 Å². The van der Waals surface area contributed by atoms with Crippen LogP contribution in [0.5, 0.6) is 0 Å². The highest BCUT2D eigenvalue weighted by molar-refractivity contribution is 5.47. The molecule has 0 spiro atoms. The van der Waals surface area contributed by atoms with Crippen molar-refractivity contribution in [2.45, 2.75) is 13.5 Å². The van der Waals surface area contributed by atoms with Crippen LogP contribution in [-0.2, 0) is 6.54 Å². The Hall–Kier alpha value is -1.81. The zero-order valence-corrected chi connectivity index (χ0v) is 9.22. The molecule has 0 aliphatic carbocycles. The second kappa shape index (κ2) is 5.32. The molecular formula is C12H14N4. The zero-order valence-electron chi connectivity index (χ0n) is 9.22. The van der Waals surface area contributed by atoms with E-state index < -0.39 is 0 Å². The van der Waals surface area contributed by atoms with E-state index in [-0.39, 0.29) is 0 Å². The maximum atomic E-state index is 4.44. The number of pyridine rings is 1. The first-order chi connectivity index (χ1) is 7.90. The van der Waals surface area contributed by atoms with Gasteiger partial charge in [-0.3, -0.25) is 4.98 Å².